The molecule has 0 radical (unpaired) electrons. The summed E-state index contributed by atoms with van der Waals surface area (Å²) >= 11 is 0. The van der Waals surface area contributed by atoms with Crippen LogP contribution in [0, 0.1) is 0 Å². The molecule has 0 saturated carbocycles. The molecular formula is C5H6O2P2. The van der Waals surface area contributed by atoms with Crippen molar-refractivity contribution in [3.05, 3.63) is 10.6 Å². The van der Waals surface area contributed by atoms with E-state index in [4.69, 9.17) is 0 Å². The second-order valence-electron chi connectivity index (χ2n) is 1.85. The van der Waals surface area contributed by atoms with Crippen molar-refractivity contribution < 1.29 is 9.59 Å². The minimum absolute atomic E-state index is 0.0532. The van der Waals surface area contributed by atoms with Gasteiger partial charge in [0.2, 0.25) is 0 Å². The molecule has 0 fully saturated rings. The highest BCUT2D eigenvalue weighted by Crippen LogP contribution is 2.28. The van der Waals surface area contributed by atoms with Gasteiger partial charge in [-0.3, -0.25) is 9.59 Å². The van der Waals surface area contributed by atoms with Gasteiger partial charge < -0.3 is 0 Å². The number of ketones is 2. The minimum atomic E-state index is -0.0741. The van der Waals surface area contributed by atoms with Crippen molar-refractivity contribution in [2.75, 3.05) is 0 Å². The van der Waals surface area contributed by atoms with Gasteiger partial charge in [-0.15, -0.1) is 18.5 Å². The van der Waals surface area contributed by atoms with Gasteiger partial charge in [-0.05, 0) is 0 Å². The Morgan fingerprint density at radius 2 is 1.33 bits per heavy atom. The van der Waals surface area contributed by atoms with Crippen LogP contribution in [-0.2, 0) is 9.59 Å². The molecule has 4 heteroatoms. The van der Waals surface area contributed by atoms with Crippen LogP contribution in [0.15, 0.2) is 10.6 Å². The lowest BCUT2D eigenvalue weighted by molar-refractivity contribution is -0.120. The van der Waals surface area contributed by atoms with E-state index in [2.05, 4.69) is 18.5 Å². The summed E-state index contributed by atoms with van der Waals surface area (Å²) in [5.74, 6) is -0.148. The fourth-order valence-corrected chi connectivity index (χ4v) is 1.16. The summed E-state index contributed by atoms with van der Waals surface area (Å²) in [5.41, 5.74) is 0. The van der Waals surface area contributed by atoms with Gasteiger partial charge in [-0.1, -0.05) is 0 Å². The second-order valence-corrected chi connectivity index (χ2v) is 3.01. The van der Waals surface area contributed by atoms with Crippen molar-refractivity contribution in [2.24, 2.45) is 0 Å². The molecule has 1 aliphatic rings. The Kier molecular flexibility index (Phi) is 1.79. The summed E-state index contributed by atoms with van der Waals surface area (Å²) in [6.45, 7) is 0. The Hall–Kier alpha value is -0.0600. The molecule has 1 rings (SSSR count). The van der Waals surface area contributed by atoms with Crippen LogP contribution in [0.25, 0.3) is 0 Å². The van der Waals surface area contributed by atoms with E-state index in [1.807, 2.05) is 0 Å². The van der Waals surface area contributed by atoms with Crippen LogP contribution in [0.2, 0.25) is 0 Å². The molecule has 9 heavy (non-hydrogen) atoms. The molecular weight excluding hydrogens is 154 g/mol. The number of allylic oxidation sites excluding steroid dienone is 2. The van der Waals surface area contributed by atoms with Crippen molar-refractivity contribution in [3.8, 4) is 0 Å². The maximum atomic E-state index is 10.7. The maximum Gasteiger partial charge on any atom is 0.171 e. The van der Waals surface area contributed by atoms with Crippen LogP contribution in [0.1, 0.15) is 6.42 Å². The van der Waals surface area contributed by atoms with Gasteiger partial charge in [-0.2, -0.15) is 0 Å². The zero-order chi connectivity index (χ0) is 7.02. The number of carbonyl (C=O) groups is 2. The zero-order valence-electron chi connectivity index (χ0n) is 4.68. The molecule has 48 valence electrons. The lowest BCUT2D eigenvalue weighted by Gasteiger charge is -1.85. The average Bonchev–Trinajstić information content (AvgIpc) is 1.98. The van der Waals surface area contributed by atoms with Crippen LogP contribution in [0.3, 0.4) is 0 Å². The lowest BCUT2D eigenvalue weighted by atomic mass is 10.3. The number of hydrogen-bond donors (Lipinski definition) is 0. The van der Waals surface area contributed by atoms with Crippen molar-refractivity contribution in [1.29, 1.82) is 0 Å². The van der Waals surface area contributed by atoms with Gasteiger partial charge in [-0.25, -0.2) is 0 Å². The third-order valence-corrected chi connectivity index (χ3v) is 2.81. The average molecular weight is 160 g/mol. The summed E-state index contributed by atoms with van der Waals surface area (Å²) in [5, 5.41) is 1.04. The van der Waals surface area contributed by atoms with E-state index in [1.54, 1.807) is 0 Å². The molecule has 2 atom stereocenters. The summed E-state index contributed by atoms with van der Waals surface area (Å²) in [6, 6.07) is 0. The van der Waals surface area contributed by atoms with Crippen LogP contribution >= 0.6 is 18.5 Å². The van der Waals surface area contributed by atoms with Crippen molar-refractivity contribution in [2.45, 2.75) is 6.42 Å². The van der Waals surface area contributed by atoms with Gasteiger partial charge in [0.1, 0.15) is 0 Å². The molecule has 1 aliphatic carbocycles. The smallest absolute Gasteiger partial charge is 0.171 e. The van der Waals surface area contributed by atoms with Crippen molar-refractivity contribution in [3.63, 3.8) is 0 Å². The first kappa shape index (κ1) is 7.05. The number of hydrogen-bond acceptors (Lipinski definition) is 2. The second kappa shape index (κ2) is 2.28. The highest BCUT2D eigenvalue weighted by atomic mass is 31.0. The summed E-state index contributed by atoms with van der Waals surface area (Å²) in [7, 11) is 4.53. The predicted octanol–water partition coefficient (Wildman–Crippen LogP) is 0.490. The maximum absolute atomic E-state index is 10.7. The highest BCUT2D eigenvalue weighted by Gasteiger charge is 2.23. The molecule has 0 spiro atoms. The largest absolute Gasteiger partial charge is 0.294 e. The first-order valence-electron chi connectivity index (χ1n) is 2.44. The summed E-state index contributed by atoms with van der Waals surface area (Å²) in [6.07, 6.45) is 0.0532. The molecule has 0 bridgehead atoms. The van der Waals surface area contributed by atoms with E-state index in [0.29, 0.717) is 10.6 Å². The van der Waals surface area contributed by atoms with Gasteiger partial charge in [0.05, 0.1) is 6.42 Å². The Balaban J connectivity index is 3.06. The topological polar surface area (TPSA) is 34.1 Å². The third kappa shape index (κ3) is 1.10. The number of Topliss-reactive ketones (excluding diaryl/α,β-unsaturated/α-hetero) is 2. The Morgan fingerprint density at radius 3 is 1.44 bits per heavy atom. The molecule has 0 heterocycles. The standard InChI is InChI=1S/C5H6O2P2/c6-2-1-3(7)5(9)4(2)8/h1,8-9H2. The number of carbonyl (C=O) groups excluding carboxylic acids is 2. The van der Waals surface area contributed by atoms with Gasteiger partial charge >= 0.3 is 0 Å². The molecule has 0 amide bonds. The minimum Gasteiger partial charge on any atom is -0.294 e. The first-order valence-corrected chi connectivity index (χ1v) is 3.60. The normalized spacial score (nSPS) is 19.8. The van der Waals surface area contributed by atoms with E-state index < -0.39 is 0 Å². The van der Waals surface area contributed by atoms with Crippen molar-refractivity contribution >= 4 is 30.0 Å². The fraction of sp³-hybridized carbons (Fsp3) is 0.200. The number of rotatable bonds is 0. The van der Waals surface area contributed by atoms with Crippen LogP contribution in [0.4, 0.5) is 0 Å². The molecule has 0 aromatic heterocycles. The van der Waals surface area contributed by atoms with E-state index in [9.17, 15) is 9.59 Å². The van der Waals surface area contributed by atoms with Gasteiger partial charge in [0.25, 0.3) is 0 Å². The Bertz CT molecular complexity index is 195. The SMILES string of the molecule is O=C1CC(=O)C(P)=C1P. The highest BCUT2D eigenvalue weighted by molar-refractivity contribution is 7.32. The van der Waals surface area contributed by atoms with E-state index in [1.165, 1.54) is 0 Å². The van der Waals surface area contributed by atoms with Crippen LogP contribution < -0.4 is 0 Å². The molecule has 0 aromatic rings. The van der Waals surface area contributed by atoms with Crippen molar-refractivity contribution in [1.82, 2.24) is 0 Å². The molecule has 2 nitrogen and oxygen atoms in total. The summed E-state index contributed by atoms with van der Waals surface area (Å²) < 4.78 is 0. The third-order valence-electron chi connectivity index (χ3n) is 1.21. The Labute approximate surface area is 57.5 Å². The quantitative estimate of drug-likeness (QED) is 0.381. The monoisotopic (exact) mass is 160 g/mol. The molecule has 0 aromatic carbocycles. The lowest BCUT2D eigenvalue weighted by Crippen LogP contribution is -1.93. The van der Waals surface area contributed by atoms with Gasteiger partial charge in [0, 0.05) is 10.6 Å². The molecule has 0 saturated heterocycles. The molecule has 0 N–H and O–H groups in total. The predicted molar refractivity (Wildman–Crippen MR) is 41.1 cm³/mol. The van der Waals surface area contributed by atoms with E-state index in [0.717, 1.165) is 0 Å². The van der Waals surface area contributed by atoms with E-state index in [-0.39, 0.29) is 18.0 Å². The first-order chi connectivity index (χ1) is 4.13. The van der Waals surface area contributed by atoms with Crippen LogP contribution in [-0.4, -0.2) is 11.6 Å². The fourth-order valence-electron chi connectivity index (χ4n) is 0.637. The molecule has 0 aliphatic heterocycles. The molecule has 2 unspecified atom stereocenters. The zero-order valence-corrected chi connectivity index (χ0v) is 6.99. The Morgan fingerprint density at radius 1 is 1.00 bits per heavy atom. The summed E-state index contributed by atoms with van der Waals surface area (Å²) in [4.78, 5) is 21.4. The van der Waals surface area contributed by atoms with Crippen LogP contribution in [0.5, 0.6) is 0 Å². The van der Waals surface area contributed by atoms with E-state index >= 15 is 0 Å². The van der Waals surface area contributed by atoms with Gasteiger partial charge in [0.15, 0.2) is 11.6 Å².